The fraction of sp³-hybridized carbons (Fsp3) is 0.409. The molecule has 152 valence electrons. The van der Waals surface area contributed by atoms with Crippen molar-refractivity contribution < 1.29 is 4.79 Å². The van der Waals surface area contributed by atoms with E-state index in [9.17, 15) is 4.79 Å². The van der Waals surface area contributed by atoms with Crippen LogP contribution in [-0.2, 0) is 0 Å². The molecule has 1 aliphatic rings. The van der Waals surface area contributed by atoms with E-state index in [4.69, 9.17) is 0 Å². The zero-order valence-electron chi connectivity index (χ0n) is 17.1. The van der Waals surface area contributed by atoms with Crippen molar-refractivity contribution in [2.24, 2.45) is 0 Å². The maximum absolute atomic E-state index is 13.0. The van der Waals surface area contributed by atoms with Crippen molar-refractivity contribution >= 4 is 39.2 Å². The summed E-state index contributed by atoms with van der Waals surface area (Å²) in [5.41, 5.74) is 1.92. The van der Waals surface area contributed by atoms with Gasteiger partial charge in [0.05, 0.1) is 5.56 Å². The number of nitrogens with one attached hydrogen (secondary N) is 1. The van der Waals surface area contributed by atoms with Gasteiger partial charge in [-0.2, -0.15) is 0 Å². The summed E-state index contributed by atoms with van der Waals surface area (Å²) in [4.78, 5) is 27.5. The van der Waals surface area contributed by atoms with Gasteiger partial charge in [0.15, 0.2) is 0 Å². The monoisotopic (exact) mass is 426 g/mol. The molecule has 1 fully saturated rings. The van der Waals surface area contributed by atoms with E-state index < -0.39 is 0 Å². The predicted octanol–water partition coefficient (Wildman–Crippen LogP) is 4.67. The molecule has 1 N–H and O–H groups in total. The van der Waals surface area contributed by atoms with E-state index in [0.717, 1.165) is 39.6 Å². The molecule has 1 aliphatic heterocycles. The van der Waals surface area contributed by atoms with Crippen LogP contribution in [0.1, 0.15) is 40.6 Å². The highest BCUT2D eigenvalue weighted by atomic mass is 32.2. The average Bonchev–Trinajstić information content (AvgIpc) is 3.31. The summed E-state index contributed by atoms with van der Waals surface area (Å²) in [6, 6.07) is 8.23. The molecule has 1 aromatic carbocycles. The Morgan fingerprint density at radius 2 is 2.14 bits per heavy atom. The van der Waals surface area contributed by atoms with Gasteiger partial charge in [-0.1, -0.05) is 30.8 Å². The number of carbonyl (C=O) groups is 1. The number of hydrogen-bond donors (Lipinski definition) is 1. The van der Waals surface area contributed by atoms with Crippen LogP contribution in [0.4, 0.5) is 0 Å². The van der Waals surface area contributed by atoms with Crippen LogP contribution in [0.3, 0.4) is 0 Å². The maximum Gasteiger partial charge on any atom is 0.252 e. The zero-order valence-corrected chi connectivity index (χ0v) is 18.7. The molecule has 29 heavy (non-hydrogen) atoms. The summed E-state index contributed by atoms with van der Waals surface area (Å²) in [7, 11) is 0. The SMILES string of the molecule is CCN1CCCC1CNC(=O)c1ccccc1Sc1ncnc2sc(C)c(C)c12. The van der Waals surface area contributed by atoms with Crippen molar-refractivity contribution in [2.75, 3.05) is 19.6 Å². The number of hydrogen-bond acceptors (Lipinski definition) is 6. The molecule has 0 spiro atoms. The minimum Gasteiger partial charge on any atom is -0.350 e. The molecule has 3 aromatic rings. The van der Waals surface area contributed by atoms with Gasteiger partial charge in [0, 0.05) is 27.7 Å². The number of nitrogens with zero attached hydrogens (tertiary/aromatic N) is 3. The smallest absolute Gasteiger partial charge is 0.252 e. The molecule has 0 bridgehead atoms. The Hall–Kier alpha value is -1.96. The van der Waals surface area contributed by atoms with Gasteiger partial charge in [0.2, 0.25) is 0 Å². The molecule has 1 unspecified atom stereocenters. The largest absolute Gasteiger partial charge is 0.350 e. The Balaban J connectivity index is 1.55. The van der Waals surface area contributed by atoms with Gasteiger partial charge in [0.1, 0.15) is 16.2 Å². The lowest BCUT2D eigenvalue weighted by Crippen LogP contribution is -2.40. The number of likely N-dealkylation sites (N-methyl/N-ethyl adjacent to an activating group) is 1. The van der Waals surface area contributed by atoms with Crippen molar-refractivity contribution in [3.8, 4) is 0 Å². The van der Waals surface area contributed by atoms with E-state index >= 15 is 0 Å². The van der Waals surface area contributed by atoms with Crippen LogP contribution in [0.2, 0.25) is 0 Å². The zero-order chi connectivity index (χ0) is 20.4. The minimum absolute atomic E-state index is 0.0143. The van der Waals surface area contributed by atoms with Crippen LogP contribution in [0.15, 0.2) is 40.5 Å². The van der Waals surface area contributed by atoms with Crippen molar-refractivity contribution in [2.45, 2.75) is 49.6 Å². The summed E-state index contributed by atoms with van der Waals surface area (Å²) < 4.78 is 0. The molecule has 1 amide bonds. The third-order valence-corrected chi connectivity index (χ3v) is 7.87. The van der Waals surface area contributed by atoms with Crippen LogP contribution >= 0.6 is 23.1 Å². The topological polar surface area (TPSA) is 58.1 Å². The number of benzene rings is 1. The Bertz CT molecular complexity index is 1030. The van der Waals surface area contributed by atoms with Gasteiger partial charge in [-0.3, -0.25) is 9.69 Å². The summed E-state index contributed by atoms with van der Waals surface area (Å²) in [6.07, 6.45) is 3.98. The first-order valence-electron chi connectivity index (χ1n) is 10.1. The molecule has 1 atom stereocenters. The van der Waals surface area contributed by atoms with Crippen molar-refractivity contribution in [3.05, 3.63) is 46.6 Å². The van der Waals surface area contributed by atoms with Crippen LogP contribution in [0.5, 0.6) is 0 Å². The van der Waals surface area contributed by atoms with Crippen LogP contribution in [-0.4, -0.2) is 46.5 Å². The molecular weight excluding hydrogens is 400 g/mol. The highest BCUT2D eigenvalue weighted by Crippen LogP contribution is 2.38. The summed E-state index contributed by atoms with van der Waals surface area (Å²) in [5, 5.41) is 5.16. The quantitative estimate of drug-likeness (QED) is 0.580. The van der Waals surface area contributed by atoms with E-state index in [0.29, 0.717) is 18.2 Å². The van der Waals surface area contributed by atoms with Gasteiger partial charge < -0.3 is 5.32 Å². The molecule has 2 aromatic heterocycles. The number of carbonyl (C=O) groups excluding carboxylic acids is 1. The van der Waals surface area contributed by atoms with Crippen LogP contribution < -0.4 is 5.32 Å². The predicted molar refractivity (Wildman–Crippen MR) is 120 cm³/mol. The molecule has 7 heteroatoms. The van der Waals surface area contributed by atoms with E-state index in [1.54, 1.807) is 29.4 Å². The Morgan fingerprint density at radius 1 is 1.31 bits per heavy atom. The van der Waals surface area contributed by atoms with Crippen molar-refractivity contribution in [1.29, 1.82) is 0 Å². The number of rotatable bonds is 6. The standard InChI is InChI=1S/C22H26N4OS2/c1-4-26-11-7-8-16(26)12-23-20(27)17-9-5-6-10-18(17)29-22-19-14(2)15(3)28-21(19)24-13-25-22/h5-6,9-10,13,16H,4,7-8,11-12H2,1-3H3,(H,23,27). The van der Waals surface area contributed by atoms with Gasteiger partial charge in [0.25, 0.3) is 5.91 Å². The molecule has 0 radical (unpaired) electrons. The molecule has 3 heterocycles. The minimum atomic E-state index is -0.0143. The van der Waals surface area contributed by atoms with Crippen LogP contribution in [0.25, 0.3) is 10.2 Å². The van der Waals surface area contributed by atoms with Crippen molar-refractivity contribution in [1.82, 2.24) is 20.2 Å². The lowest BCUT2D eigenvalue weighted by molar-refractivity contribution is 0.0938. The molecule has 1 saturated heterocycles. The Kier molecular flexibility index (Phi) is 6.18. The average molecular weight is 427 g/mol. The third kappa shape index (κ3) is 4.17. The highest BCUT2D eigenvalue weighted by Gasteiger charge is 2.24. The summed E-state index contributed by atoms with van der Waals surface area (Å²) in [6.45, 7) is 9.28. The van der Waals surface area contributed by atoms with Crippen molar-refractivity contribution in [3.63, 3.8) is 0 Å². The molecular formula is C22H26N4OS2. The Morgan fingerprint density at radius 3 is 2.97 bits per heavy atom. The fourth-order valence-corrected chi connectivity index (χ4v) is 6.06. The molecule has 4 rings (SSSR count). The second-order valence-electron chi connectivity index (χ2n) is 7.38. The molecule has 5 nitrogen and oxygen atoms in total. The summed E-state index contributed by atoms with van der Waals surface area (Å²) in [5.74, 6) is -0.0143. The lowest BCUT2D eigenvalue weighted by atomic mass is 10.2. The number of aryl methyl sites for hydroxylation is 2. The van der Waals surface area contributed by atoms with E-state index in [1.165, 1.54) is 16.9 Å². The first kappa shape index (κ1) is 20.3. The maximum atomic E-state index is 13.0. The normalized spacial score (nSPS) is 17.1. The number of fused-ring (bicyclic) bond motifs is 1. The van der Waals surface area contributed by atoms with E-state index in [-0.39, 0.29) is 5.91 Å². The molecule has 0 saturated carbocycles. The number of likely N-dealkylation sites (tertiary alicyclic amines) is 1. The van der Waals surface area contributed by atoms with E-state index in [2.05, 4.69) is 41.0 Å². The molecule has 0 aliphatic carbocycles. The van der Waals surface area contributed by atoms with E-state index in [1.807, 2.05) is 24.3 Å². The number of amides is 1. The van der Waals surface area contributed by atoms with Gasteiger partial charge in [-0.15, -0.1) is 11.3 Å². The second-order valence-corrected chi connectivity index (χ2v) is 9.61. The van der Waals surface area contributed by atoms with Gasteiger partial charge in [-0.25, -0.2) is 9.97 Å². The van der Waals surface area contributed by atoms with Crippen LogP contribution in [0, 0.1) is 13.8 Å². The summed E-state index contributed by atoms with van der Waals surface area (Å²) >= 11 is 3.24. The fourth-order valence-electron chi connectivity index (χ4n) is 3.92. The Labute approximate surface area is 179 Å². The first-order valence-corrected chi connectivity index (χ1v) is 11.7. The first-order chi connectivity index (χ1) is 14.1. The van der Waals surface area contributed by atoms with Gasteiger partial charge >= 0.3 is 0 Å². The lowest BCUT2D eigenvalue weighted by Gasteiger charge is -2.23. The number of thiophene rings is 1. The third-order valence-electron chi connectivity index (χ3n) is 5.67. The number of aromatic nitrogens is 2. The second kappa shape index (κ2) is 8.81. The van der Waals surface area contributed by atoms with Gasteiger partial charge in [-0.05, 0) is 57.5 Å². The highest BCUT2D eigenvalue weighted by molar-refractivity contribution is 7.99.